The van der Waals surface area contributed by atoms with Crippen LogP contribution in [0.1, 0.15) is 29.9 Å². The summed E-state index contributed by atoms with van der Waals surface area (Å²) >= 11 is 0. The van der Waals surface area contributed by atoms with Gasteiger partial charge >= 0.3 is 0 Å². The highest BCUT2D eigenvalue weighted by atomic mass is 16.5. The zero-order valence-corrected chi connectivity index (χ0v) is 11.9. The van der Waals surface area contributed by atoms with E-state index in [0.29, 0.717) is 18.3 Å². The van der Waals surface area contributed by atoms with Crippen molar-refractivity contribution in [2.75, 3.05) is 11.9 Å². The molecule has 6 heteroatoms. The Bertz CT molecular complexity index is 571. The van der Waals surface area contributed by atoms with E-state index in [2.05, 4.69) is 27.4 Å². The molecule has 3 N–H and O–H groups in total. The van der Waals surface area contributed by atoms with E-state index in [1.165, 1.54) is 0 Å². The van der Waals surface area contributed by atoms with Crippen molar-refractivity contribution < 1.29 is 4.52 Å². The first-order valence-corrected chi connectivity index (χ1v) is 6.48. The van der Waals surface area contributed by atoms with Crippen LogP contribution in [0.25, 0.3) is 0 Å². The lowest BCUT2D eigenvalue weighted by molar-refractivity contribution is 0.391. The van der Waals surface area contributed by atoms with Gasteiger partial charge in [0.05, 0.1) is 5.69 Å². The molecular formula is C14H19N5O. The number of nitrogens with zero attached hydrogens (tertiary/aromatic N) is 3. The number of pyridine rings is 1. The molecule has 2 aromatic heterocycles. The second-order valence-corrected chi connectivity index (χ2v) is 4.70. The zero-order chi connectivity index (χ0) is 14.5. The van der Waals surface area contributed by atoms with Crippen molar-refractivity contribution in [3.8, 4) is 0 Å². The van der Waals surface area contributed by atoms with Crippen LogP contribution in [0.4, 0.5) is 5.82 Å². The molecule has 0 aromatic carbocycles. The van der Waals surface area contributed by atoms with Gasteiger partial charge in [0, 0.05) is 24.2 Å². The first kappa shape index (κ1) is 14.0. The Kier molecular flexibility index (Phi) is 4.34. The van der Waals surface area contributed by atoms with E-state index in [-0.39, 0.29) is 5.92 Å². The molecule has 2 rings (SSSR count). The van der Waals surface area contributed by atoms with E-state index in [1.54, 1.807) is 6.20 Å². The number of hydrogen-bond donors (Lipinski definition) is 2. The van der Waals surface area contributed by atoms with Gasteiger partial charge in [-0.25, -0.2) is 4.98 Å². The largest absolute Gasteiger partial charge is 0.370 e. The maximum absolute atomic E-state index is 5.84. The standard InChI is InChI=1S/C14H19N5O/c1-9(13-10(2)19-20-11(13)3)8-17-14(15)18-12-6-4-5-7-16-12/h4-7,9H,8H2,1-3H3,(H3,15,16,17,18). The molecule has 0 amide bonds. The Morgan fingerprint density at radius 1 is 1.45 bits per heavy atom. The first-order valence-electron chi connectivity index (χ1n) is 6.48. The third-order valence-corrected chi connectivity index (χ3v) is 3.04. The van der Waals surface area contributed by atoms with Gasteiger partial charge in [0.25, 0.3) is 0 Å². The van der Waals surface area contributed by atoms with Gasteiger partial charge in [-0.05, 0) is 26.0 Å². The maximum atomic E-state index is 5.84. The third-order valence-electron chi connectivity index (χ3n) is 3.04. The highest BCUT2D eigenvalue weighted by Gasteiger charge is 2.15. The number of anilines is 1. The lowest BCUT2D eigenvalue weighted by Crippen LogP contribution is -2.24. The summed E-state index contributed by atoms with van der Waals surface area (Å²) in [5.41, 5.74) is 7.84. The summed E-state index contributed by atoms with van der Waals surface area (Å²) < 4.78 is 5.16. The summed E-state index contributed by atoms with van der Waals surface area (Å²) in [6.45, 7) is 6.48. The van der Waals surface area contributed by atoms with Gasteiger partial charge in [0.1, 0.15) is 11.6 Å². The number of nitrogens with two attached hydrogens (primary N) is 1. The number of rotatable bonds is 4. The SMILES string of the molecule is Cc1noc(C)c1C(C)CN=C(N)Nc1ccccn1. The molecule has 2 aromatic rings. The van der Waals surface area contributed by atoms with E-state index >= 15 is 0 Å². The molecule has 0 saturated heterocycles. The second kappa shape index (κ2) is 6.18. The van der Waals surface area contributed by atoms with Gasteiger partial charge in [0.15, 0.2) is 5.96 Å². The van der Waals surface area contributed by atoms with E-state index in [1.807, 2.05) is 32.0 Å². The first-order chi connectivity index (χ1) is 9.58. The van der Waals surface area contributed by atoms with Crippen molar-refractivity contribution in [1.29, 1.82) is 0 Å². The van der Waals surface area contributed by atoms with Crippen LogP contribution in [0.3, 0.4) is 0 Å². The predicted molar refractivity (Wildman–Crippen MR) is 78.7 cm³/mol. The van der Waals surface area contributed by atoms with Crippen molar-refractivity contribution in [3.63, 3.8) is 0 Å². The minimum atomic E-state index is 0.199. The Morgan fingerprint density at radius 2 is 2.25 bits per heavy atom. The van der Waals surface area contributed by atoms with Gasteiger partial charge in [0.2, 0.25) is 0 Å². The monoisotopic (exact) mass is 273 g/mol. The molecule has 0 aliphatic heterocycles. The van der Waals surface area contributed by atoms with Gasteiger partial charge in [-0.1, -0.05) is 18.1 Å². The third kappa shape index (κ3) is 3.34. The van der Waals surface area contributed by atoms with Gasteiger partial charge in [-0.2, -0.15) is 0 Å². The average molecular weight is 273 g/mol. The van der Waals surface area contributed by atoms with E-state index in [0.717, 1.165) is 17.0 Å². The van der Waals surface area contributed by atoms with Crippen molar-refractivity contribution in [2.45, 2.75) is 26.7 Å². The fourth-order valence-corrected chi connectivity index (χ4v) is 2.13. The summed E-state index contributed by atoms with van der Waals surface area (Å²) in [5.74, 6) is 2.06. The van der Waals surface area contributed by atoms with Gasteiger partial charge in [-0.3, -0.25) is 4.99 Å². The van der Waals surface area contributed by atoms with Crippen molar-refractivity contribution in [2.24, 2.45) is 10.7 Å². The smallest absolute Gasteiger partial charge is 0.194 e. The molecule has 6 nitrogen and oxygen atoms in total. The van der Waals surface area contributed by atoms with Crippen LogP contribution in [0.2, 0.25) is 0 Å². The summed E-state index contributed by atoms with van der Waals surface area (Å²) in [6.07, 6.45) is 1.70. The highest BCUT2D eigenvalue weighted by Crippen LogP contribution is 2.23. The molecule has 20 heavy (non-hydrogen) atoms. The number of aliphatic imine (C=N–C) groups is 1. The quantitative estimate of drug-likeness (QED) is 0.658. The second-order valence-electron chi connectivity index (χ2n) is 4.70. The lowest BCUT2D eigenvalue weighted by atomic mass is 10.00. The molecule has 0 aliphatic rings. The minimum absolute atomic E-state index is 0.199. The molecule has 2 heterocycles. The van der Waals surface area contributed by atoms with Gasteiger partial charge in [-0.15, -0.1) is 0 Å². The van der Waals surface area contributed by atoms with Crippen molar-refractivity contribution >= 4 is 11.8 Å². The summed E-state index contributed by atoms with van der Waals surface area (Å²) in [4.78, 5) is 8.46. The normalized spacial score (nSPS) is 13.2. The maximum Gasteiger partial charge on any atom is 0.194 e. The molecule has 1 unspecified atom stereocenters. The average Bonchev–Trinajstić information content (AvgIpc) is 2.77. The zero-order valence-electron chi connectivity index (χ0n) is 11.9. The molecule has 0 aliphatic carbocycles. The fraction of sp³-hybridized carbons (Fsp3) is 0.357. The van der Waals surface area contributed by atoms with Crippen LogP contribution in [0.15, 0.2) is 33.9 Å². The number of aryl methyl sites for hydroxylation is 2. The summed E-state index contributed by atoms with van der Waals surface area (Å²) in [6, 6.07) is 5.56. The lowest BCUT2D eigenvalue weighted by Gasteiger charge is -2.09. The van der Waals surface area contributed by atoms with E-state index in [9.17, 15) is 0 Å². The summed E-state index contributed by atoms with van der Waals surface area (Å²) in [5, 5.41) is 6.90. The molecule has 106 valence electrons. The van der Waals surface area contributed by atoms with Gasteiger partial charge < -0.3 is 15.6 Å². The number of guanidine groups is 1. The number of aromatic nitrogens is 2. The molecule has 0 radical (unpaired) electrons. The van der Waals surface area contributed by atoms with Crippen molar-refractivity contribution in [3.05, 3.63) is 41.4 Å². The van der Waals surface area contributed by atoms with Crippen LogP contribution >= 0.6 is 0 Å². The molecule has 0 fully saturated rings. The Balaban J connectivity index is 1.98. The van der Waals surface area contributed by atoms with Crippen LogP contribution in [-0.2, 0) is 0 Å². The Hall–Kier alpha value is -2.37. The Morgan fingerprint density at radius 3 is 2.85 bits per heavy atom. The van der Waals surface area contributed by atoms with Crippen LogP contribution in [-0.4, -0.2) is 22.6 Å². The van der Waals surface area contributed by atoms with E-state index < -0.39 is 0 Å². The van der Waals surface area contributed by atoms with Crippen LogP contribution < -0.4 is 11.1 Å². The highest BCUT2D eigenvalue weighted by molar-refractivity contribution is 5.91. The van der Waals surface area contributed by atoms with Crippen molar-refractivity contribution in [1.82, 2.24) is 10.1 Å². The predicted octanol–water partition coefficient (Wildman–Crippen LogP) is 2.22. The number of hydrogen-bond acceptors (Lipinski definition) is 4. The minimum Gasteiger partial charge on any atom is -0.370 e. The van der Waals surface area contributed by atoms with E-state index in [4.69, 9.17) is 10.3 Å². The molecule has 0 saturated carbocycles. The molecule has 1 atom stereocenters. The van der Waals surface area contributed by atoms with Crippen LogP contribution in [0.5, 0.6) is 0 Å². The molecular weight excluding hydrogens is 254 g/mol. The fourth-order valence-electron chi connectivity index (χ4n) is 2.13. The Labute approximate surface area is 118 Å². The summed E-state index contributed by atoms with van der Waals surface area (Å²) in [7, 11) is 0. The number of nitrogens with one attached hydrogen (secondary N) is 1. The molecule has 0 spiro atoms. The van der Waals surface area contributed by atoms with Crippen LogP contribution in [0, 0.1) is 13.8 Å². The topological polar surface area (TPSA) is 89.3 Å². The molecule has 0 bridgehead atoms.